The van der Waals surface area contributed by atoms with E-state index in [4.69, 9.17) is 9.84 Å². The zero-order valence-electron chi connectivity index (χ0n) is 11.3. The number of carboxylic acid groups (broad SMARTS) is 1. The van der Waals surface area contributed by atoms with Crippen LogP contribution in [0.25, 0.3) is 0 Å². The summed E-state index contributed by atoms with van der Waals surface area (Å²) in [6.45, 7) is 2.86. The van der Waals surface area contributed by atoms with Crippen molar-refractivity contribution in [3.05, 3.63) is 23.4 Å². The molecule has 2 unspecified atom stereocenters. The maximum atomic E-state index is 12.7. The summed E-state index contributed by atoms with van der Waals surface area (Å²) in [5.74, 6) is -1.48. The highest BCUT2D eigenvalue weighted by Gasteiger charge is 2.34. The number of hydrogen-bond donors (Lipinski definition) is 2. The van der Waals surface area contributed by atoms with Crippen LogP contribution in [0.1, 0.15) is 29.4 Å². The van der Waals surface area contributed by atoms with Gasteiger partial charge in [0.25, 0.3) is 0 Å². The van der Waals surface area contributed by atoms with Gasteiger partial charge in [0.2, 0.25) is 0 Å². The van der Waals surface area contributed by atoms with Crippen LogP contribution in [-0.4, -0.2) is 35.3 Å². The second kappa shape index (κ2) is 5.88. The zero-order valence-corrected chi connectivity index (χ0v) is 11.3. The third kappa shape index (κ3) is 3.63. The number of halogens is 3. The summed E-state index contributed by atoms with van der Waals surface area (Å²) in [6, 6.07) is 1.35. The van der Waals surface area contributed by atoms with E-state index in [1.807, 2.05) is 0 Å². The molecule has 1 fully saturated rings. The lowest BCUT2D eigenvalue weighted by molar-refractivity contribution is -0.141. The van der Waals surface area contributed by atoms with Crippen molar-refractivity contribution in [2.75, 3.05) is 18.5 Å². The van der Waals surface area contributed by atoms with Crippen molar-refractivity contribution in [2.24, 2.45) is 5.92 Å². The Balaban J connectivity index is 2.27. The molecule has 0 aliphatic carbocycles. The van der Waals surface area contributed by atoms with Gasteiger partial charge in [0.1, 0.15) is 17.1 Å². The second-order valence-electron chi connectivity index (χ2n) is 4.95. The first kappa shape index (κ1) is 15.6. The Morgan fingerprint density at radius 3 is 2.76 bits per heavy atom. The summed E-state index contributed by atoms with van der Waals surface area (Å²) >= 11 is 0. The molecule has 0 bridgehead atoms. The Hall–Kier alpha value is -1.83. The Labute approximate surface area is 119 Å². The van der Waals surface area contributed by atoms with E-state index < -0.39 is 17.8 Å². The van der Waals surface area contributed by atoms with Crippen LogP contribution in [0.5, 0.6) is 0 Å². The molecule has 2 rings (SSSR count). The molecule has 5 nitrogen and oxygen atoms in total. The Bertz CT molecular complexity index is 528. The van der Waals surface area contributed by atoms with Crippen molar-refractivity contribution in [1.82, 2.24) is 4.98 Å². The van der Waals surface area contributed by atoms with Crippen molar-refractivity contribution >= 4 is 11.8 Å². The smallest absolute Gasteiger partial charge is 0.433 e. The molecular weight excluding hydrogens is 289 g/mol. The summed E-state index contributed by atoms with van der Waals surface area (Å²) < 4.78 is 43.3. The fourth-order valence-corrected chi connectivity index (χ4v) is 2.18. The molecule has 116 valence electrons. The number of ether oxygens (including phenoxy) is 1. The number of rotatable bonds is 4. The van der Waals surface area contributed by atoms with Crippen molar-refractivity contribution < 1.29 is 27.8 Å². The number of anilines is 1. The first-order chi connectivity index (χ1) is 9.79. The predicted octanol–water partition coefficient (Wildman–Crippen LogP) is 2.64. The van der Waals surface area contributed by atoms with Gasteiger partial charge in [-0.3, -0.25) is 0 Å². The fourth-order valence-electron chi connectivity index (χ4n) is 2.18. The lowest BCUT2D eigenvalue weighted by Gasteiger charge is -2.21. The number of carboxylic acids is 1. The molecule has 21 heavy (non-hydrogen) atoms. The van der Waals surface area contributed by atoms with Crippen LogP contribution in [0.3, 0.4) is 0 Å². The number of nitrogens with zero attached hydrogens (tertiary/aromatic N) is 1. The van der Waals surface area contributed by atoms with Gasteiger partial charge >= 0.3 is 12.1 Å². The summed E-state index contributed by atoms with van der Waals surface area (Å²) in [5, 5.41) is 11.8. The van der Waals surface area contributed by atoms with Gasteiger partial charge in [0, 0.05) is 18.6 Å². The van der Waals surface area contributed by atoms with Crippen LogP contribution in [0, 0.1) is 5.92 Å². The molecule has 0 aromatic carbocycles. The summed E-state index contributed by atoms with van der Waals surface area (Å²) in [7, 11) is 0. The van der Waals surface area contributed by atoms with Crippen molar-refractivity contribution in [3.8, 4) is 0 Å². The third-order valence-electron chi connectivity index (χ3n) is 3.45. The molecule has 1 saturated heterocycles. The molecule has 0 radical (unpaired) electrons. The largest absolute Gasteiger partial charge is 0.478 e. The van der Waals surface area contributed by atoms with Crippen molar-refractivity contribution in [1.29, 1.82) is 0 Å². The molecule has 1 aromatic heterocycles. The number of alkyl halides is 3. The maximum Gasteiger partial charge on any atom is 0.433 e. The van der Waals surface area contributed by atoms with Crippen LogP contribution in [-0.2, 0) is 10.9 Å². The van der Waals surface area contributed by atoms with Crippen LogP contribution >= 0.6 is 0 Å². The van der Waals surface area contributed by atoms with E-state index in [-0.39, 0.29) is 23.3 Å². The van der Waals surface area contributed by atoms with Crippen LogP contribution in [0.2, 0.25) is 0 Å². The monoisotopic (exact) mass is 304 g/mol. The molecule has 2 heterocycles. The van der Waals surface area contributed by atoms with Gasteiger partial charge in [0.15, 0.2) is 0 Å². The molecule has 2 N–H and O–H groups in total. The van der Waals surface area contributed by atoms with Crippen LogP contribution < -0.4 is 5.32 Å². The first-order valence-electron chi connectivity index (χ1n) is 6.45. The minimum atomic E-state index is -4.62. The number of pyridine rings is 1. The molecule has 0 saturated carbocycles. The number of aromatic carboxylic acids is 1. The first-order valence-corrected chi connectivity index (χ1v) is 6.45. The predicted molar refractivity (Wildman–Crippen MR) is 68.2 cm³/mol. The van der Waals surface area contributed by atoms with Gasteiger partial charge in [-0.1, -0.05) is 0 Å². The minimum absolute atomic E-state index is 0.114. The number of hydrogen-bond acceptors (Lipinski definition) is 4. The lowest BCUT2D eigenvalue weighted by Crippen LogP contribution is -2.28. The van der Waals surface area contributed by atoms with E-state index in [0.717, 1.165) is 12.5 Å². The summed E-state index contributed by atoms with van der Waals surface area (Å²) in [4.78, 5) is 14.5. The molecule has 0 amide bonds. The standard InChI is InChI=1S/C13H15F3N2O3/c1-7(8-4-5-21-6-8)17-11-9(12(19)20)2-3-10(18-11)13(14,15)16/h2-3,7-8H,4-6H2,1H3,(H,17,18)(H,19,20). The molecule has 0 spiro atoms. The quantitative estimate of drug-likeness (QED) is 0.894. The Morgan fingerprint density at radius 2 is 2.24 bits per heavy atom. The summed E-state index contributed by atoms with van der Waals surface area (Å²) in [6.07, 6.45) is -3.84. The van der Waals surface area contributed by atoms with Crippen molar-refractivity contribution in [2.45, 2.75) is 25.6 Å². The van der Waals surface area contributed by atoms with E-state index in [2.05, 4.69) is 10.3 Å². The Morgan fingerprint density at radius 1 is 1.52 bits per heavy atom. The lowest BCUT2D eigenvalue weighted by atomic mass is 10.0. The van der Waals surface area contributed by atoms with Gasteiger partial charge in [-0.05, 0) is 25.5 Å². The molecule has 8 heteroatoms. The van der Waals surface area contributed by atoms with E-state index in [0.29, 0.717) is 19.3 Å². The van der Waals surface area contributed by atoms with E-state index in [1.165, 1.54) is 0 Å². The molecule has 1 aliphatic heterocycles. The molecule has 1 aliphatic rings. The topological polar surface area (TPSA) is 71.5 Å². The highest BCUT2D eigenvalue weighted by Crippen LogP contribution is 2.30. The average molecular weight is 304 g/mol. The average Bonchev–Trinajstić information content (AvgIpc) is 2.91. The molecular formula is C13H15F3N2O3. The SMILES string of the molecule is CC(Nc1nc(C(F)(F)F)ccc1C(=O)O)C1CCOC1. The highest BCUT2D eigenvalue weighted by atomic mass is 19.4. The number of aromatic nitrogens is 1. The molecule has 2 atom stereocenters. The van der Waals surface area contributed by atoms with Gasteiger partial charge in [-0.15, -0.1) is 0 Å². The zero-order chi connectivity index (χ0) is 15.6. The molecule has 1 aromatic rings. The minimum Gasteiger partial charge on any atom is -0.478 e. The Kier molecular flexibility index (Phi) is 4.36. The third-order valence-corrected chi connectivity index (χ3v) is 3.45. The van der Waals surface area contributed by atoms with E-state index in [1.54, 1.807) is 6.92 Å². The van der Waals surface area contributed by atoms with Gasteiger partial charge < -0.3 is 15.2 Å². The van der Waals surface area contributed by atoms with Gasteiger partial charge in [-0.2, -0.15) is 13.2 Å². The van der Waals surface area contributed by atoms with Crippen LogP contribution in [0.15, 0.2) is 12.1 Å². The van der Waals surface area contributed by atoms with Crippen molar-refractivity contribution in [3.63, 3.8) is 0 Å². The van der Waals surface area contributed by atoms with E-state index in [9.17, 15) is 18.0 Å². The number of carbonyl (C=O) groups is 1. The fraction of sp³-hybridized carbons (Fsp3) is 0.538. The number of nitrogens with one attached hydrogen (secondary N) is 1. The highest BCUT2D eigenvalue weighted by molar-refractivity contribution is 5.93. The van der Waals surface area contributed by atoms with Crippen LogP contribution in [0.4, 0.5) is 19.0 Å². The summed E-state index contributed by atoms with van der Waals surface area (Å²) in [5.41, 5.74) is -1.40. The maximum absolute atomic E-state index is 12.7. The van der Waals surface area contributed by atoms with E-state index >= 15 is 0 Å². The normalized spacial score (nSPS) is 20.3. The van der Waals surface area contributed by atoms with Gasteiger partial charge in [-0.25, -0.2) is 9.78 Å². The van der Waals surface area contributed by atoms with Gasteiger partial charge in [0.05, 0.1) is 6.61 Å². The second-order valence-corrected chi connectivity index (χ2v) is 4.95.